The number of anilines is 1. The molecule has 0 aromatic heterocycles. The van der Waals surface area contributed by atoms with Crippen molar-refractivity contribution in [3.8, 4) is 17.6 Å². The number of benzene rings is 2. The maximum Gasteiger partial charge on any atom is 0.266 e. The molecule has 0 saturated carbocycles. The lowest BCUT2D eigenvalue weighted by molar-refractivity contribution is -0.135. The number of hydrogen-bond acceptors (Lipinski definition) is 5. The van der Waals surface area contributed by atoms with Crippen molar-refractivity contribution >= 4 is 23.6 Å². The Morgan fingerprint density at radius 2 is 1.84 bits per heavy atom. The van der Waals surface area contributed by atoms with Crippen LogP contribution in [0.4, 0.5) is 5.69 Å². The first-order valence-electron chi connectivity index (χ1n) is 9.89. The van der Waals surface area contributed by atoms with Crippen molar-refractivity contribution in [2.24, 2.45) is 0 Å². The fourth-order valence-corrected chi connectivity index (χ4v) is 2.74. The second kappa shape index (κ2) is 10.8. The minimum Gasteiger partial charge on any atom is -0.490 e. The smallest absolute Gasteiger partial charge is 0.266 e. The first-order valence-corrected chi connectivity index (χ1v) is 9.89. The maximum absolute atomic E-state index is 12.5. The van der Waals surface area contributed by atoms with Gasteiger partial charge in [-0.1, -0.05) is 23.8 Å². The van der Waals surface area contributed by atoms with Crippen molar-refractivity contribution in [1.82, 2.24) is 4.90 Å². The molecule has 1 atom stereocenters. The summed E-state index contributed by atoms with van der Waals surface area (Å²) < 4.78 is 11.4. The fraction of sp³-hybridized carbons (Fsp3) is 0.292. The van der Waals surface area contributed by atoms with Gasteiger partial charge in [-0.2, -0.15) is 5.26 Å². The number of nitrogens with one attached hydrogen (secondary N) is 1. The fourth-order valence-electron chi connectivity index (χ4n) is 2.74. The number of ether oxygens (including phenoxy) is 2. The molecule has 0 heterocycles. The second-order valence-electron chi connectivity index (χ2n) is 7.12. The van der Waals surface area contributed by atoms with Gasteiger partial charge in [-0.3, -0.25) is 9.59 Å². The van der Waals surface area contributed by atoms with Crippen molar-refractivity contribution in [3.05, 3.63) is 59.2 Å². The molecule has 0 aliphatic rings. The summed E-state index contributed by atoms with van der Waals surface area (Å²) in [6.07, 6.45) is 0.787. The molecule has 31 heavy (non-hydrogen) atoms. The molecular weight excluding hydrogens is 394 g/mol. The summed E-state index contributed by atoms with van der Waals surface area (Å²) in [4.78, 5) is 26.0. The van der Waals surface area contributed by atoms with E-state index < -0.39 is 12.0 Å². The highest BCUT2D eigenvalue weighted by molar-refractivity contribution is 6.09. The summed E-state index contributed by atoms with van der Waals surface area (Å²) in [6.45, 7) is 5.83. The molecule has 0 aliphatic carbocycles. The monoisotopic (exact) mass is 421 g/mol. The van der Waals surface area contributed by atoms with Gasteiger partial charge in [0.15, 0.2) is 17.6 Å². The summed E-state index contributed by atoms with van der Waals surface area (Å²) in [5.41, 5.74) is 2.22. The van der Waals surface area contributed by atoms with Crippen LogP contribution in [-0.4, -0.2) is 43.5 Å². The Morgan fingerprint density at radius 3 is 2.42 bits per heavy atom. The third-order valence-corrected chi connectivity index (χ3v) is 4.35. The quantitative estimate of drug-likeness (QED) is 0.517. The van der Waals surface area contributed by atoms with Gasteiger partial charge in [0.05, 0.1) is 6.61 Å². The van der Waals surface area contributed by atoms with Gasteiger partial charge in [-0.15, -0.1) is 0 Å². The van der Waals surface area contributed by atoms with Crippen LogP contribution < -0.4 is 14.8 Å². The van der Waals surface area contributed by atoms with Crippen molar-refractivity contribution in [1.29, 1.82) is 5.26 Å². The minimum atomic E-state index is -0.689. The van der Waals surface area contributed by atoms with E-state index in [9.17, 15) is 14.9 Å². The molecule has 162 valence electrons. The first-order chi connectivity index (χ1) is 14.7. The van der Waals surface area contributed by atoms with Crippen LogP contribution in [-0.2, 0) is 9.59 Å². The number of carbonyl (C=O) groups excluding carboxylic acids is 2. The molecule has 0 spiro atoms. The van der Waals surface area contributed by atoms with E-state index in [1.165, 1.54) is 11.0 Å². The van der Waals surface area contributed by atoms with E-state index >= 15 is 0 Å². The van der Waals surface area contributed by atoms with Crippen LogP contribution >= 0.6 is 0 Å². The number of aryl methyl sites for hydroxylation is 1. The van der Waals surface area contributed by atoms with E-state index in [0.717, 1.165) is 5.56 Å². The number of nitriles is 1. The Balaban J connectivity index is 2.25. The van der Waals surface area contributed by atoms with Crippen LogP contribution in [0.3, 0.4) is 0 Å². The molecule has 2 aromatic carbocycles. The number of rotatable bonds is 8. The lowest BCUT2D eigenvalue weighted by Crippen LogP contribution is -2.35. The molecule has 0 bridgehead atoms. The molecule has 0 aliphatic heterocycles. The topological polar surface area (TPSA) is 91.7 Å². The van der Waals surface area contributed by atoms with Crippen LogP contribution in [0.1, 0.15) is 25.0 Å². The van der Waals surface area contributed by atoms with Gasteiger partial charge in [0.1, 0.15) is 11.6 Å². The van der Waals surface area contributed by atoms with Crippen molar-refractivity contribution in [2.75, 3.05) is 26.0 Å². The number of hydrogen-bond donors (Lipinski definition) is 1. The Morgan fingerprint density at radius 1 is 1.16 bits per heavy atom. The van der Waals surface area contributed by atoms with E-state index in [-0.39, 0.29) is 11.5 Å². The summed E-state index contributed by atoms with van der Waals surface area (Å²) in [5.74, 6) is 0.149. The zero-order chi connectivity index (χ0) is 23.0. The SMILES string of the molecule is CCOc1cc(/C=C(\C#N)C(=O)Nc2ccc(C)cc2)ccc1OC(C)C(=O)N(C)C. The average molecular weight is 421 g/mol. The molecule has 7 nitrogen and oxygen atoms in total. The molecule has 1 unspecified atom stereocenters. The molecular formula is C24H27N3O4. The molecule has 2 amide bonds. The molecule has 1 N–H and O–H groups in total. The van der Waals surface area contributed by atoms with Crippen LogP contribution in [0.15, 0.2) is 48.0 Å². The summed E-state index contributed by atoms with van der Waals surface area (Å²) in [5, 5.41) is 12.2. The zero-order valence-corrected chi connectivity index (χ0v) is 18.4. The van der Waals surface area contributed by atoms with Gasteiger partial charge < -0.3 is 19.7 Å². The molecule has 2 aromatic rings. The standard InChI is InChI=1S/C24H27N3O4/c1-6-30-22-14-18(9-12-21(22)31-17(3)24(29)27(4)5)13-19(15-25)23(28)26-20-10-7-16(2)8-11-20/h7-14,17H,6H2,1-5H3,(H,26,28)/b19-13+. The molecule has 0 radical (unpaired) electrons. The van der Waals surface area contributed by atoms with Gasteiger partial charge in [0, 0.05) is 19.8 Å². The predicted molar refractivity (Wildman–Crippen MR) is 120 cm³/mol. The highest BCUT2D eigenvalue weighted by Crippen LogP contribution is 2.30. The van der Waals surface area contributed by atoms with Crippen LogP contribution in [0.5, 0.6) is 11.5 Å². The van der Waals surface area contributed by atoms with Gasteiger partial charge >= 0.3 is 0 Å². The summed E-state index contributed by atoms with van der Waals surface area (Å²) >= 11 is 0. The molecule has 7 heteroatoms. The number of nitrogens with zero attached hydrogens (tertiary/aromatic N) is 2. The van der Waals surface area contributed by atoms with Crippen molar-refractivity contribution in [3.63, 3.8) is 0 Å². The largest absolute Gasteiger partial charge is 0.490 e. The summed E-state index contributed by atoms with van der Waals surface area (Å²) in [6, 6.07) is 14.3. The van der Waals surface area contributed by atoms with E-state index in [4.69, 9.17) is 9.47 Å². The number of carbonyl (C=O) groups is 2. The molecule has 0 fully saturated rings. The van der Waals surface area contributed by atoms with E-state index in [0.29, 0.717) is 29.4 Å². The number of likely N-dealkylation sites (N-methyl/N-ethyl adjacent to an activating group) is 1. The van der Waals surface area contributed by atoms with Gasteiger partial charge in [0.2, 0.25) is 0 Å². The average Bonchev–Trinajstić information content (AvgIpc) is 2.74. The van der Waals surface area contributed by atoms with Gasteiger partial charge in [0.25, 0.3) is 11.8 Å². The Labute approximate surface area is 182 Å². The zero-order valence-electron chi connectivity index (χ0n) is 18.4. The third kappa shape index (κ3) is 6.61. The second-order valence-corrected chi connectivity index (χ2v) is 7.12. The summed E-state index contributed by atoms with van der Waals surface area (Å²) in [7, 11) is 3.31. The Bertz CT molecular complexity index is 1000. The third-order valence-electron chi connectivity index (χ3n) is 4.35. The lowest BCUT2D eigenvalue weighted by Gasteiger charge is -2.20. The van der Waals surface area contributed by atoms with E-state index in [2.05, 4.69) is 5.32 Å². The normalized spacial score (nSPS) is 11.8. The number of amides is 2. The van der Waals surface area contributed by atoms with E-state index in [1.807, 2.05) is 32.0 Å². The Hall–Kier alpha value is -3.79. The highest BCUT2D eigenvalue weighted by Gasteiger charge is 2.19. The molecule has 2 rings (SSSR count). The van der Waals surface area contributed by atoms with Crippen molar-refractivity contribution in [2.45, 2.75) is 26.9 Å². The lowest BCUT2D eigenvalue weighted by atomic mass is 10.1. The van der Waals surface area contributed by atoms with Crippen molar-refractivity contribution < 1.29 is 19.1 Å². The van der Waals surface area contributed by atoms with Gasteiger partial charge in [-0.25, -0.2) is 0 Å². The minimum absolute atomic E-state index is 0.0483. The van der Waals surface area contributed by atoms with E-state index in [1.54, 1.807) is 51.4 Å². The van der Waals surface area contributed by atoms with Crippen LogP contribution in [0, 0.1) is 18.3 Å². The molecule has 0 saturated heterocycles. The highest BCUT2D eigenvalue weighted by atomic mass is 16.5. The Kier molecular flexibility index (Phi) is 8.21. The van der Waals surface area contributed by atoms with Crippen LogP contribution in [0.25, 0.3) is 6.08 Å². The predicted octanol–water partition coefficient (Wildman–Crippen LogP) is 3.79. The van der Waals surface area contributed by atoms with Gasteiger partial charge in [-0.05, 0) is 56.7 Å². The maximum atomic E-state index is 12.5. The van der Waals surface area contributed by atoms with Crippen LogP contribution in [0.2, 0.25) is 0 Å². The first kappa shape index (κ1) is 23.5.